The average Bonchev–Trinajstić information content (AvgIpc) is 2.78. The first kappa shape index (κ1) is 13.4. The van der Waals surface area contributed by atoms with Crippen LogP contribution in [-0.4, -0.2) is 25.7 Å². The Hall–Kier alpha value is -1.02. The molecule has 1 heterocycles. The molecule has 0 radical (unpaired) electrons. The Bertz CT molecular complexity index is 380. The molecule has 1 aromatic rings. The predicted molar refractivity (Wildman–Crippen MR) is 79.3 cm³/mol. The van der Waals surface area contributed by atoms with E-state index in [2.05, 4.69) is 55.4 Å². The van der Waals surface area contributed by atoms with E-state index in [9.17, 15) is 0 Å². The number of likely N-dealkylation sites (N-methyl/N-ethyl adjacent to an activating group) is 1. The molecule has 18 heavy (non-hydrogen) atoms. The highest BCUT2D eigenvalue weighted by Crippen LogP contribution is 2.28. The maximum absolute atomic E-state index is 3.75. The normalized spacial score (nSPS) is 23.3. The van der Waals surface area contributed by atoms with Gasteiger partial charge in [-0.25, -0.2) is 0 Å². The molecule has 1 aliphatic rings. The predicted octanol–water partition coefficient (Wildman–Crippen LogP) is 3.35. The van der Waals surface area contributed by atoms with Gasteiger partial charge >= 0.3 is 0 Å². The van der Waals surface area contributed by atoms with Gasteiger partial charge in [0.1, 0.15) is 0 Å². The maximum atomic E-state index is 3.75. The third-order valence-electron chi connectivity index (χ3n) is 4.13. The number of anilines is 1. The Morgan fingerprint density at radius 3 is 2.72 bits per heavy atom. The number of nitrogens with one attached hydrogen (secondary N) is 1. The topological polar surface area (TPSA) is 15.3 Å². The summed E-state index contributed by atoms with van der Waals surface area (Å²) in [6.07, 6.45) is 5.18. The second-order valence-electron chi connectivity index (χ2n) is 5.70. The van der Waals surface area contributed by atoms with Gasteiger partial charge in [-0.15, -0.1) is 0 Å². The summed E-state index contributed by atoms with van der Waals surface area (Å²) in [4.78, 5) is 2.42. The lowest BCUT2D eigenvalue weighted by atomic mass is 9.91. The number of benzene rings is 1. The SMILES string of the molecule is CCCC1(CN(C)c2ccccc2C)CCCN1. The molecule has 0 bridgehead atoms. The van der Waals surface area contributed by atoms with Crippen molar-refractivity contribution in [2.75, 3.05) is 25.0 Å². The van der Waals surface area contributed by atoms with E-state index >= 15 is 0 Å². The molecule has 0 saturated carbocycles. The molecular weight excluding hydrogens is 220 g/mol. The second-order valence-corrected chi connectivity index (χ2v) is 5.70. The molecule has 0 spiro atoms. The molecule has 1 saturated heterocycles. The van der Waals surface area contributed by atoms with E-state index in [0.717, 1.165) is 6.54 Å². The fraction of sp³-hybridized carbons (Fsp3) is 0.625. The van der Waals surface area contributed by atoms with Gasteiger partial charge in [0.2, 0.25) is 0 Å². The van der Waals surface area contributed by atoms with Crippen LogP contribution in [0.3, 0.4) is 0 Å². The van der Waals surface area contributed by atoms with E-state index in [1.807, 2.05) is 0 Å². The van der Waals surface area contributed by atoms with Gasteiger partial charge in [0.25, 0.3) is 0 Å². The Labute approximate surface area is 111 Å². The highest BCUT2D eigenvalue weighted by molar-refractivity contribution is 5.52. The molecule has 1 aliphatic heterocycles. The van der Waals surface area contributed by atoms with E-state index < -0.39 is 0 Å². The van der Waals surface area contributed by atoms with Crippen LogP contribution < -0.4 is 10.2 Å². The Morgan fingerprint density at radius 2 is 2.11 bits per heavy atom. The maximum Gasteiger partial charge on any atom is 0.0393 e. The first-order chi connectivity index (χ1) is 8.67. The van der Waals surface area contributed by atoms with Crippen molar-refractivity contribution in [1.82, 2.24) is 5.32 Å². The molecule has 1 fully saturated rings. The molecule has 0 amide bonds. The van der Waals surface area contributed by atoms with Crippen LogP contribution in [0, 0.1) is 6.92 Å². The molecule has 0 aromatic heterocycles. The van der Waals surface area contributed by atoms with E-state index in [0.29, 0.717) is 5.54 Å². The van der Waals surface area contributed by atoms with Gasteiger partial charge in [0.15, 0.2) is 0 Å². The van der Waals surface area contributed by atoms with Crippen LogP contribution in [0.2, 0.25) is 0 Å². The van der Waals surface area contributed by atoms with Crippen LogP contribution in [0.15, 0.2) is 24.3 Å². The van der Waals surface area contributed by atoms with Gasteiger partial charge in [0, 0.05) is 24.8 Å². The van der Waals surface area contributed by atoms with Crippen molar-refractivity contribution in [3.8, 4) is 0 Å². The molecule has 2 heteroatoms. The minimum absolute atomic E-state index is 0.339. The largest absolute Gasteiger partial charge is 0.373 e. The fourth-order valence-corrected chi connectivity index (χ4v) is 3.31. The van der Waals surface area contributed by atoms with Crippen LogP contribution in [0.5, 0.6) is 0 Å². The van der Waals surface area contributed by atoms with Crippen molar-refractivity contribution in [3.05, 3.63) is 29.8 Å². The van der Waals surface area contributed by atoms with Crippen molar-refractivity contribution in [2.45, 2.75) is 45.1 Å². The van der Waals surface area contributed by atoms with Crippen molar-refractivity contribution in [2.24, 2.45) is 0 Å². The summed E-state index contributed by atoms with van der Waals surface area (Å²) >= 11 is 0. The smallest absolute Gasteiger partial charge is 0.0393 e. The van der Waals surface area contributed by atoms with Gasteiger partial charge in [0.05, 0.1) is 0 Å². The number of para-hydroxylation sites is 1. The number of nitrogens with zero attached hydrogens (tertiary/aromatic N) is 1. The zero-order chi connectivity index (χ0) is 13.0. The number of rotatable bonds is 5. The summed E-state index contributed by atoms with van der Waals surface area (Å²) in [5.74, 6) is 0. The summed E-state index contributed by atoms with van der Waals surface area (Å²) in [7, 11) is 2.22. The molecule has 100 valence electrons. The summed E-state index contributed by atoms with van der Waals surface area (Å²) in [6, 6.07) is 8.67. The summed E-state index contributed by atoms with van der Waals surface area (Å²) < 4.78 is 0. The van der Waals surface area contributed by atoms with E-state index in [4.69, 9.17) is 0 Å². The monoisotopic (exact) mass is 246 g/mol. The Kier molecular flexibility index (Phi) is 4.28. The molecule has 0 aliphatic carbocycles. The van der Waals surface area contributed by atoms with Crippen LogP contribution >= 0.6 is 0 Å². The van der Waals surface area contributed by atoms with Gasteiger partial charge in [-0.1, -0.05) is 31.5 Å². The van der Waals surface area contributed by atoms with Gasteiger partial charge in [-0.2, -0.15) is 0 Å². The summed E-state index contributed by atoms with van der Waals surface area (Å²) in [6.45, 7) is 6.78. The lowest BCUT2D eigenvalue weighted by Crippen LogP contribution is -2.49. The molecular formula is C16H26N2. The molecule has 1 N–H and O–H groups in total. The van der Waals surface area contributed by atoms with Gasteiger partial charge < -0.3 is 10.2 Å². The average molecular weight is 246 g/mol. The van der Waals surface area contributed by atoms with Crippen molar-refractivity contribution >= 4 is 5.69 Å². The van der Waals surface area contributed by atoms with Crippen LogP contribution in [0.1, 0.15) is 38.2 Å². The zero-order valence-corrected chi connectivity index (χ0v) is 12.0. The number of hydrogen-bond donors (Lipinski definition) is 1. The second kappa shape index (κ2) is 5.75. The standard InChI is InChI=1S/C16H26N2/c1-4-10-16(11-7-12-17-16)13-18(3)15-9-6-5-8-14(15)2/h5-6,8-9,17H,4,7,10-13H2,1-3H3. The summed E-state index contributed by atoms with van der Waals surface area (Å²) in [5, 5.41) is 3.75. The highest BCUT2D eigenvalue weighted by atomic mass is 15.2. The number of aryl methyl sites for hydroxylation is 1. The minimum Gasteiger partial charge on any atom is -0.373 e. The first-order valence-corrected chi connectivity index (χ1v) is 7.19. The third-order valence-corrected chi connectivity index (χ3v) is 4.13. The molecule has 2 rings (SSSR count). The van der Waals surface area contributed by atoms with Crippen molar-refractivity contribution in [1.29, 1.82) is 0 Å². The quantitative estimate of drug-likeness (QED) is 0.857. The van der Waals surface area contributed by atoms with E-state index in [1.54, 1.807) is 0 Å². The Morgan fingerprint density at radius 1 is 1.33 bits per heavy atom. The van der Waals surface area contributed by atoms with Crippen molar-refractivity contribution < 1.29 is 0 Å². The lowest BCUT2D eigenvalue weighted by molar-refractivity contribution is 0.349. The van der Waals surface area contributed by atoms with Crippen LogP contribution in [0.4, 0.5) is 5.69 Å². The van der Waals surface area contributed by atoms with E-state index in [1.165, 1.54) is 43.5 Å². The van der Waals surface area contributed by atoms with Gasteiger partial charge in [-0.3, -0.25) is 0 Å². The van der Waals surface area contributed by atoms with E-state index in [-0.39, 0.29) is 0 Å². The van der Waals surface area contributed by atoms with Crippen LogP contribution in [0.25, 0.3) is 0 Å². The lowest BCUT2D eigenvalue weighted by Gasteiger charge is -2.35. The van der Waals surface area contributed by atoms with Crippen molar-refractivity contribution in [3.63, 3.8) is 0 Å². The molecule has 1 unspecified atom stereocenters. The highest BCUT2D eigenvalue weighted by Gasteiger charge is 2.33. The fourth-order valence-electron chi connectivity index (χ4n) is 3.31. The minimum atomic E-state index is 0.339. The Balaban J connectivity index is 2.10. The van der Waals surface area contributed by atoms with Crippen LogP contribution in [-0.2, 0) is 0 Å². The molecule has 1 aromatic carbocycles. The zero-order valence-electron chi connectivity index (χ0n) is 12.0. The molecule has 1 atom stereocenters. The first-order valence-electron chi connectivity index (χ1n) is 7.19. The van der Waals surface area contributed by atoms with Gasteiger partial charge in [-0.05, 0) is 44.4 Å². The third kappa shape index (κ3) is 2.86. The molecule has 2 nitrogen and oxygen atoms in total. The number of hydrogen-bond acceptors (Lipinski definition) is 2. The summed E-state index contributed by atoms with van der Waals surface area (Å²) in [5.41, 5.74) is 3.07.